The third kappa shape index (κ3) is 3.40. The van der Waals surface area contributed by atoms with E-state index in [1.54, 1.807) is 6.07 Å². The smallest absolute Gasteiger partial charge is 0.349 e. The van der Waals surface area contributed by atoms with E-state index >= 15 is 0 Å². The molecule has 0 radical (unpaired) electrons. The van der Waals surface area contributed by atoms with Gasteiger partial charge in [-0.2, -0.15) is 0 Å². The van der Waals surface area contributed by atoms with Crippen molar-refractivity contribution in [2.75, 3.05) is 6.61 Å². The zero-order valence-corrected chi connectivity index (χ0v) is 9.69. The van der Waals surface area contributed by atoms with E-state index in [2.05, 4.69) is 6.58 Å². The van der Waals surface area contributed by atoms with Gasteiger partial charge >= 0.3 is 5.97 Å². The second-order valence-electron chi connectivity index (χ2n) is 3.41. The summed E-state index contributed by atoms with van der Waals surface area (Å²) in [6, 6.07) is 1.76. The lowest BCUT2D eigenvalue weighted by molar-refractivity contribution is 0.0698. The van der Waals surface area contributed by atoms with Crippen molar-refractivity contribution in [2.24, 2.45) is 0 Å². The molecule has 15 heavy (non-hydrogen) atoms. The van der Waals surface area contributed by atoms with Crippen molar-refractivity contribution in [3.05, 3.63) is 28.0 Å². The number of hydrogen-bond donors (Lipinski definition) is 1. The lowest BCUT2D eigenvalue weighted by atomic mass is 10.3. The molecule has 3 nitrogen and oxygen atoms in total. The van der Waals surface area contributed by atoms with Gasteiger partial charge in [0.05, 0.1) is 6.61 Å². The second kappa shape index (κ2) is 4.98. The maximum Gasteiger partial charge on any atom is 0.349 e. The van der Waals surface area contributed by atoms with Gasteiger partial charge in [-0.25, -0.2) is 4.79 Å². The Labute approximate surface area is 93.0 Å². The van der Waals surface area contributed by atoms with Crippen molar-refractivity contribution in [1.82, 2.24) is 0 Å². The molecule has 0 amide bonds. The van der Waals surface area contributed by atoms with Crippen molar-refractivity contribution in [1.29, 1.82) is 0 Å². The van der Waals surface area contributed by atoms with Crippen LogP contribution in [-0.4, -0.2) is 17.7 Å². The van der Waals surface area contributed by atoms with Gasteiger partial charge in [-0.1, -0.05) is 5.57 Å². The fourth-order valence-corrected chi connectivity index (χ4v) is 1.88. The van der Waals surface area contributed by atoms with E-state index < -0.39 is 5.97 Å². The number of ether oxygens (including phenoxy) is 1. The van der Waals surface area contributed by atoms with Crippen molar-refractivity contribution < 1.29 is 14.6 Å². The highest BCUT2D eigenvalue weighted by molar-refractivity contribution is 7.14. The molecule has 0 aromatic carbocycles. The SMILES string of the molecule is C=C(C)CCOc1cc(C)sc1C(=O)O. The maximum absolute atomic E-state index is 10.8. The van der Waals surface area contributed by atoms with Crippen LogP contribution >= 0.6 is 11.3 Å². The van der Waals surface area contributed by atoms with Gasteiger partial charge in [0.15, 0.2) is 4.88 Å². The van der Waals surface area contributed by atoms with Crippen molar-refractivity contribution in [3.8, 4) is 5.75 Å². The molecular weight excluding hydrogens is 212 g/mol. The van der Waals surface area contributed by atoms with Crippen LogP contribution in [0.3, 0.4) is 0 Å². The number of carboxylic acid groups (broad SMARTS) is 1. The molecule has 0 aliphatic rings. The molecule has 0 aliphatic heterocycles. The minimum absolute atomic E-state index is 0.272. The van der Waals surface area contributed by atoms with Crippen molar-refractivity contribution >= 4 is 17.3 Å². The first kappa shape index (κ1) is 11.8. The summed E-state index contributed by atoms with van der Waals surface area (Å²) in [7, 11) is 0. The van der Waals surface area contributed by atoms with E-state index in [4.69, 9.17) is 9.84 Å². The fourth-order valence-electron chi connectivity index (χ4n) is 1.08. The maximum atomic E-state index is 10.8. The Morgan fingerprint density at radius 2 is 2.33 bits per heavy atom. The van der Waals surface area contributed by atoms with Gasteiger partial charge in [0, 0.05) is 11.3 Å². The van der Waals surface area contributed by atoms with E-state index in [0.29, 0.717) is 12.4 Å². The van der Waals surface area contributed by atoms with Crippen LogP contribution in [0.2, 0.25) is 0 Å². The van der Waals surface area contributed by atoms with E-state index in [9.17, 15) is 4.79 Å². The number of thiophene rings is 1. The third-order valence-corrected chi connectivity index (χ3v) is 2.82. The normalized spacial score (nSPS) is 10.0. The number of aromatic carboxylic acids is 1. The first-order chi connectivity index (χ1) is 7.00. The van der Waals surface area contributed by atoms with Gasteiger partial charge in [-0.05, 0) is 19.9 Å². The fraction of sp³-hybridized carbons (Fsp3) is 0.364. The minimum atomic E-state index is -0.932. The largest absolute Gasteiger partial charge is 0.491 e. The summed E-state index contributed by atoms with van der Waals surface area (Å²) < 4.78 is 5.40. The number of carboxylic acids is 1. The molecule has 0 bridgehead atoms. The molecule has 1 N–H and O–H groups in total. The molecule has 1 aromatic rings. The molecule has 0 spiro atoms. The van der Waals surface area contributed by atoms with Gasteiger partial charge < -0.3 is 9.84 Å². The lowest BCUT2D eigenvalue weighted by Gasteiger charge is -2.04. The van der Waals surface area contributed by atoms with Gasteiger partial charge in [0.2, 0.25) is 0 Å². The van der Waals surface area contributed by atoms with Crippen LogP contribution in [0.1, 0.15) is 27.9 Å². The Kier molecular flexibility index (Phi) is 3.91. The second-order valence-corrected chi connectivity index (χ2v) is 4.67. The number of rotatable bonds is 5. The molecule has 0 fully saturated rings. The highest BCUT2D eigenvalue weighted by Crippen LogP contribution is 2.28. The molecule has 1 heterocycles. The predicted octanol–water partition coefficient (Wildman–Crippen LogP) is 3.10. The van der Waals surface area contributed by atoms with E-state index in [0.717, 1.165) is 16.9 Å². The van der Waals surface area contributed by atoms with Gasteiger partial charge in [-0.3, -0.25) is 0 Å². The lowest BCUT2D eigenvalue weighted by Crippen LogP contribution is -2.01. The van der Waals surface area contributed by atoms with Crippen molar-refractivity contribution in [3.63, 3.8) is 0 Å². The Hall–Kier alpha value is -1.29. The Morgan fingerprint density at radius 3 is 2.87 bits per heavy atom. The van der Waals surface area contributed by atoms with E-state index in [1.165, 1.54) is 11.3 Å². The quantitative estimate of drug-likeness (QED) is 0.785. The zero-order chi connectivity index (χ0) is 11.4. The summed E-state index contributed by atoms with van der Waals surface area (Å²) >= 11 is 1.23. The first-order valence-corrected chi connectivity index (χ1v) is 5.43. The number of hydrogen-bond acceptors (Lipinski definition) is 3. The van der Waals surface area contributed by atoms with Crippen LogP contribution in [0, 0.1) is 6.92 Å². The van der Waals surface area contributed by atoms with Crippen LogP contribution in [0.4, 0.5) is 0 Å². The average Bonchev–Trinajstić information content (AvgIpc) is 2.46. The molecule has 0 saturated heterocycles. The molecule has 0 aliphatic carbocycles. The van der Waals surface area contributed by atoms with Crippen LogP contribution in [0.15, 0.2) is 18.2 Å². The molecule has 1 rings (SSSR count). The molecule has 0 saturated carbocycles. The molecule has 4 heteroatoms. The van der Waals surface area contributed by atoms with Crippen LogP contribution < -0.4 is 4.74 Å². The topological polar surface area (TPSA) is 46.5 Å². The predicted molar refractivity (Wildman–Crippen MR) is 60.9 cm³/mol. The van der Waals surface area contributed by atoms with Gasteiger partial charge in [-0.15, -0.1) is 17.9 Å². The van der Waals surface area contributed by atoms with Crippen LogP contribution in [0.25, 0.3) is 0 Å². The van der Waals surface area contributed by atoms with Crippen LogP contribution in [0.5, 0.6) is 5.75 Å². The molecule has 0 unspecified atom stereocenters. The zero-order valence-electron chi connectivity index (χ0n) is 8.87. The highest BCUT2D eigenvalue weighted by atomic mass is 32.1. The Bertz CT molecular complexity index is 379. The monoisotopic (exact) mass is 226 g/mol. The first-order valence-electron chi connectivity index (χ1n) is 4.61. The minimum Gasteiger partial charge on any atom is -0.491 e. The third-order valence-electron chi connectivity index (χ3n) is 1.80. The number of aryl methyl sites for hydroxylation is 1. The van der Waals surface area contributed by atoms with Gasteiger partial charge in [0.25, 0.3) is 0 Å². The summed E-state index contributed by atoms with van der Waals surface area (Å²) in [5.41, 5.74) is 1.03. The summed E-state index contributed by atoms with van der Waals surface area (Å²) in [5.74, 6) is -0.468. The Balaban J connectivity index is 2.67. The van der Waals surface area contributed by atoms with E-state index in [1.807, 2.05) is 13.8 Å². The van der Waals surface area contributed by atoms with Gasteiger partial charge in [0.1, 0.15) is 5.75 Å². The van der Waals surface area contributed by atoms with E-state index in [-0.39, 0.29) is 4.88 Å². The standard InChI is InChI=1S/C11H14O3S/c1-7(2)4-5-14-9-6-8(3)15-10(9)11(12)13/h6H,1,4-5H2,2-3H3,(H,12,13). The molecule has 1 aromatic heterocycles. The molecule has 82 valence electrons. The molecule has 0 atom stereocenters. The summed E-state index contributed by atoms with van der Waals surface area (Å²) in [6.45, 7) is 8.01. The summed E-state index contributed by atoms with van der Waals surface area (Å²) in [4.78, 5) is 12.1. The van der Waals surface area contributed by atoms with Crippen LogP contribution in [-0.2, 0) is 0 Å². The molecular formula is C11H14O3S. The summed E-state index contributed by atoms with van der Waals surface area (Å²) in [6.07, 6.45) is 0.744. The highest BCUT2D eigenvalue weighted by Gasteiger charge is 2.14. The van der Waals surface area contributed by atoms with Crippen molar-refractivity contribution in [2.45, 2.75) is 20.3 Å². The average molecular weight is 226 g/mol. The number of carbonyl (C=O) groups is 1. The Morgan fingerprint density at radius 1 is 1.67 bits per heavy atom. The summed E-state index contributed by atoms with van der Waals surface area (Å²) in [5, 5.41) is 8.90.